The fraction of sp³-hybridized carbons (Fsp3) is 0.278. The number of carbonyl (C=O) groups excluding carboxylic acids is 1. The number of nitrogens with zero attached hydrogens (tertiary/aromatic N) is 1. The van der Waals surface area contributed by atoms with E-state index in [-0.39, 0.29) is 18.0 Å². The lowest BCUT2D eigenvalue weighted by Gasteiger charge is -2.22. The fourth-order valence-corrected chi connectivity index (χ4v) is 2.74. The van der Waals surface area contributed by atoms with E-state index in [2.05, 4.69) is 40.3 Å². The van der Waals surface area contributed by atoms with E-state index >= 15 is 0 Å². The van der Waals surface area contributed by atoms with E-state index in [0.29, 0.717) is 0 Å². The van der Waals surface area contributed by atoms with Crippen LogP contribution in [0.1, 0.15) is 25.5 Å². The summed E-state index contributed by atoms with van der Waals surface area (Å²) in [6.45, 7) is 4.08. The SMILES string of the molecule is C[C@H]([NH2+][C@H](C)c1ccc(Br)cc1)C(=O)N(C)c1ccccc1. The Labute approximate surface area is 140 Å². The van der Waals surface area contributed by atoms with Gasteiger partial charge in [-0.25, -0.2) is 0 Å². The number of likely N-dealkylation sites (N-methyl/N-ethyl adjacent to an activating group) is 1. The highest BCUT2D eigenvalue weighted by atomic mass is 79.9. The number of amides is 1. The van der Waals surface area contributed by atoms with Gasteiger partial charge in [-0.1, -0.05) is 46.3 Å². The normalized spacial score (nSPS) is 13.5. The molecular weight excluding hydrogens is 340 g/mol. The highest BCUT2D eigenvalue weighted by molar-refractivity contribution is 9.10. The summed E-state index contributed by atoms with van der Waals surface area (Å²) in [4.78, 5) is 14.3. The first-order chi connectivity index (χ1) is 10.5. The van der Waals surface area contributed by atoms with Crippen molar-refractivity contribution in [2.24, 2.45) is 0 Å². The Morgan fingerprint density at radius 3 is 2.23 bits per heavy atom. The van der Waals surface area contributed by atoms with E-state index in [0.717, 1.165) is 10.2 Å². The summed E-state index contributed by atoms with van der Waals surface area (Å²) >= 11 is 3.44. The summed E-state index contributed by atoms with van der Waals surface area (Å²) in [5.74, 6) is 0.107. The second kappa shape index (κ2) is 7.56. The minimum atomic E-state index is -0.135. The number of carbonyl (C=O) groups is 1. The van der Waals surface area contributed by atoms with Gasteiger partial charge in [-0.3, -0.25) is 4.79 Å². The average Bonchev–Trinajstić information content (AvgIpc) is 2.54. The summed E-state index contributed by atoms with van der Waals surface area (Å²) in [5.41, 5.74) is 2.13. The summed E-state index contributed by atoms with van der Waals surface area (Å²) in [6.07, 6.45) is 0. The molecule has 0 heterocycles. The molecule has 0 aromatic heterocycles. The molecule has 0 spiro atoms. The van der Waals surface area contributed by atoms with Crippen LogP contribution in [0.25, 0.3) is 0 Å². The van der Waals surface area contributed by atoms with Crippen LogP contribution in [0.5, 0.6) is 0 Å². The van der Waals surface area contributed by atoms with Crippen molar-refractivity contribution in [3.63, 3.8) is 0 Å². The van der Waals surface area contributed by atoms with Crippen molar-refractivity contribution in [3.8, 4) is 0 Å². The van der Waals surface area contributed by atoms with Crippen molar-refractivity contribution in [3.05, 3.63) is 64.6 Å². The predicted molar refractivity (Wildman–Crippen MR) is 93.8 cm³/mol. The number of anilines is 1. The molecule has 0 radical (unpaired) electrons. The molecule has 2 rings (SSSR count). The Balaban J connectivity index is 2.00. The van der Waals surface area contributed by atoms with Gasteiger partial charge in [-0.05, 0) is 38.1 Å². The zero-order valence-corrected chi connectivity index (χ0v) is 14.7. The molecule has 4 heteroatoms. The van der Waals surface area contributed by atoms with Crippen LogP contribution in [-0.4, -0.2) is 19.0 Å². The molecule has 0 unspecified atom stereocenters. The summed E-state index contributed by atoms with van der Waals surface area (Å²) in [6, 6.07) is 18.1. The molecule has 2 N–H and O–H groups in total. The molecule has 3 nitrogen and oxygen atoms in total. The number of hydrogen-bond donors (Lipinski definition) is 1. The first-order valence-corrected chi connectivity index (χ1v) is 8.21. The Morgan fingerprint density at radius 1 is 1.05 bits per heavy atom. The van der Waals surface area contributed by atoms with E-state index in [1.165, 1.54) is 5.56 Å². The zero-order chi connectivity index (χ0) is 16.1. The Hall–Kier alpha value is -1.65. The number of nitrogens with two attached hydrogens (primary N) is 1. The molecule has 0 saturated carbocycles. The van der Waals surface area contributed by atoms with Gasteiger partial charge in [-0.15, -0.1) is 0 Å². The number of para-hydroxylation sites is 1. The van der Waals surface area contributed by atoms with Gasteiger partial charge in [0, 0.05) is 22.8 Å². The minimum absolute atomic E-state index is 0.107. The Kier molecular flexibility index (Phi) is 5.75. The maximum Gasteiger partial charge on any atom is 0.284 e. The molecule has 0 saturated heterocycles. The lowest BCUT2D eigenvalue weighted by Crippen LogP contribution is -2.92. The van der Waals surface area contributed by atoms with Crippen LogP contribution >= 0.6 is 15.9 Å². The van der Waals surface area contributed by atoms with Crippen LogP contribution in [0.4, 0.5) is 5.69 Å². The van der Waals surface area contributed by atoms with Gasteiger partial charge in [0.15, 0.2) is 6.04 Å². The Morgan fingerprint density at radius 2 is 1.64 bits per heavy atom. The first-order valence-electron chi connectivity index (χ1n) is 7.42. The molecule has 22 heavy (non-hydrogen) atoms. The van der Waals surface area contributed by atoms with Crippen molar-refractivity contribution in [1.82, 2.24) is 0 Å². The largest absolute Gasteiger partial charge is 0.330 e. The van der Waals surface area contributed by atoms with Crippen LogP contribution in [0, 0.1) is 0 Å². The zero-order valence-electron chi connectivity index (χ0n) is 13.2. The number of hydrogen-bond acceptors (Lipinski definition) is 1. The van der Waals surface area contributed by atoms with Crippen molar-refractivity contribution in [2.75, 3.05) is 11.9 Å². The third-order valence-electron chi connectivity index (χ3n) is 3.84. The van der Waals surface area contributed by atoms with Crippen molar-refractivity contribution < 1.29 is 10.1 Å². The molecule has 0 aliphatic rings. The van der Waals surface area contributed by atoms with Crippen LogP contribution in [0.3, 0.4) is 0 Å². The van der Waals surface area contributed by atoms with Crippen molar-refractivity contribution in [2.45, 2.75) is 25.9 Å². The highest BCUT2D eigenvalue weighted by Gasteiger charge is 2.24. The van der Waals surface area contributed by atoms with Gasteiger partial charge in [0.05, 0.1) is 0 Å². The van der Waals surface area contributed by atoms with E-state index in [1.807, 2.05) is 56.4 Å². The molecule has 2 aromatic carbocycles. The van der Waals surface area contributed by atoms with Gasteiger partial charge in [0.2, 0.25) is 0 Å². The smallest absolute Gasteiger partial charge is 0.284 e. The van der Waals surface area contributed by atoms with Crippen LogP contribution in [0.2, 0.25) is 0 Å². The topological polar surface area (TPSA) is 36.9 Å². The minimum Gasteiger partial charge on any atom is -0.330 e. The van der Waals surface area contributed by atoms with Gasteiger partial charge in [0.1, 0.15) is 6.04 Å². The van der Waals surface area contributed by atoms with Crippen molar-refractivity contribution in [1.29, 1.82) is 0 Å². The van der Waals surface area contributed by atoms with E-state index in [4.69, 9.17) is 0 Å². The second-order valence-electron chi connectivity index (χ2n) is 5.55. The molecule has 2 aromatic rings. The summed E-state index contributed by atoms with van der Waals surface area (Å²) < 4.78 is 1.07. The standard InChI is InChI=1S/C18H21BrN2O/c1-13(15-9-11-16(19)12-10-15)20-14(2)18(22)21(3)17-7-5-4-6-8-17/h4-14,20H,1-3H3/p+1/t13-,14+/m1/s1. The van der Waals surface area contributed by atoms with Crippen LogP contribution < -0.4 is 10.2 Å². The van der Waals surface area contributed by atoms with Gasteiger partial charge < -0.3 is 10.2 Å². The highest BCUT2D eigenvalue weighted by Crippen LogP contribution is 2.15. The van der Waals surface area contributed by atoms with Crippen LogP contribution in [-0.2, 0) is 4.79 Å². The number of benzene rings is 2. The quantitative estimate of drug-likeness (QED) is 0.872. The maximum absolute atomic E-state index is 12.6. The second-order valence-corrected chi connectivity index (χ2v) is 6.47. The Bertz CT molecular complexity index is 613. The lowest BCUT2D eigenvalue weighted by atomic mass is 10.1. The molecule has 2 atom stereocenters. The maximum atomic E-state index is 12.6. The molecule has 0 aliphatic heterocycles. The van der Waals surface area contributed by atoms with Gasteiger partial charge in [0.25, 0.3) is 5.91 Å². The van der Waals surface area contributed by atoms with E-state index in [1.54, 1.807) is 4.90 Å². The lowest BCUT2D eigenvalue weighted by molar-refractivity contribution is -0.710. The number of rotatable bonds is 5. The third kappa shape index (κ3) is 4.18. The fourth-order valence-electron chi connectivity index (χ4n) is 2.48. The molecule has 1 amide bonds. The van der Waals surface area contributed by atoms with E-state index in [9.17, 15) is 4.79 Å². The van der Waals surface area contributed by atoms with Gasteiger partial charge >= 0.3 is 0 Å². The number of quaternary nitrogens is 1. The molecular formula is C18H22BrN2O+. The third-order valence-corrected chi connectivity index (χ3v) is 4.37. The van der Waals surface area contributed by atoms with Gasteiger partial charge in [-0.2, -0.15) is 0 Å². The molecule has 0 aliphatic carbocycles. The van der Waals surface area contributed by atoms with Crippen LogP contribution in [0.15, 0.2) is 59.1 Å². The average molecular weight is 362 g/mol. The van der Waals surface area contributed by atoms with E-state index < -0.39 is 0 Å². The number of halogens is 1. The van der Waals surface area contributed by atoms with Crippen molar-refractivity contribution >= 4 is 27.5 Å². The molecule has 116 valence electrons. The summed E-state index contributed by atoms with van der Waals surface area (Å²) in [5, 5.41) is 2.10. The first kappa shape index (κ1) is 16.7. The molecule has 0 bridgehead atoms. The summed E-state index contributed by atoms with van der Waals surface area (Å²) in [7, 11) is 1.83. The monoisotopic (exact) mass is 361 g/mol. The predicted octanol–water partition coefficient (Wildman–Crippen LogP) is 3.13. The molecule has 0 fully saturated rings.